The second kappa shape index (κ2) is 11.0. The van der Waals surface area contributed by atoms with Crippen LogP contribution in [0.15, 0.2) is 103 Å². The Balaban J connectivity index is 1.40. The van der Waals surface area contributed by atoms with Gasteiger partial charge in [-0.1, -0.05) is 72.8 Å². The number of aromatic nitrogens is 1. The molecule has 0 aliphatic carbocycles. The minimum atomic E-state index is -1.11. The van der Waals surface area contributed by atoms with Crippen molar-refractivity contribution in [3.63, 3.8) is 0 Å². The van der Waals surface area contributed by atoms with Crippen LogP contribution < -0.4 is 0 Å². The van der Waals surface area contributed by atoms with Crippen molar-refractivity contribution in [2.45, 2.75) is 51.4 Å². The lowest BCUT2D eigenvalue weighted by Gasteiger charge is -2.36. The molecule has 0 saturated carbocycles. The monoisotopic (exact) mass is 510 g/mol. The van der Waals surface area contributed by atoms with Crippen LogP contribution in [0.25, 0.3) is 16.8 Å². The molecule has 38 heavy (non-hydrogen) atoms. The lowest BCUT2D eigenvalue weighted by molar-refractivity contribution is -0.178. The number of carbonyl (C=O) groups excluding carboxylic acids is 1. The van der Waals surface area contributed by atoms with Crippen molar-refractivity contribution in [2.24, 2.45) is 0 Å². The molecule has 6 nitrogen and oxygen atoms in total. The molecule has 4 aromatic rings. The lowest BCUT2D eigenvalue weighted by Crippen LogP contribution is -2.51. The zero-order valence-electron chi connectivity index (χ0n) is 22.0. The second-order valence-corrected chi connectivity index (χ2v) is 10.2. The summed E-state index contributed by atoms with van der Waals surface area (Å²) in [7, 11) is 0. The summed E-state index contributed by atoms with van der Waals surface area (Å²) in [6.45, 7) is 5.75. The highest BCUT2D eigenvalue weighted by Gasteiger charge is 2.46. The summed E-state index contributed by atoms with van der Waals surface area (Å²) in [4.78, 5) is 15.8. The molecule has 1 amide bonds. The first-order valence-corrected chi connectivity index (χ1v) is 13.0. The predicted octanol–water partition coefficient (Wildman–Crippen LogP) is 5.75. The van der Waals surface area contributed by atoms with Crippen LogP contribution in [-0.2, 0) is 20.7 Å². The van der Waals surface area contributed by atoms with Gasteiger partial charge in [-0.25, -0.2) is 0 Å². The SMILES string of the molecule is CC(O)OC(C(=O)N1[C@@H](Cc2ccccc2)COC1(C)C)c1ccn(-c2ccc(-c3ccccc3)cc2)c1. The quantitative estimate of drug-likeness (QED) is 0.307. The van der Waals surface area contributed by atoms with Gasteiger partial charge in [-0.2, -0.15) is 0 Å². The Hall–Kier alpha value is -3.71. The van der Waals surface area contributed by atoms with E-state index in [0.717, 1.165) is 22.4 Å². The van der Waals surface area contributed by atoms with Gasteiger partial charge in [0.15, 0.2) is 12.4 Å². The molecule has 0 bridgehead atoms. The fraction of sp³-hybridized carbons (Fsp3) is 0.281. The van der Waals surface area contributed by atoms with E-state index in [1.54, 1.807) is 4.90 Å². The van der Waals surface area contributed by atoms with Gasteiger partial charge >= 0.3 is 0 Å². The summed E-state index contributed by atoms with van der Waals surface area (Å²) in [5.74, 6) is -0.230. The third-order valence-corrected chi connectivity index (χ3v) is 6.97. The molecule has 3 aromatic carbocycles. The Kier molecular flexibility index (Phi) is 7.47. The fourth-order valence-electron chi connectivity index (χ4n) is 5.15. The Bertz CT molecular complexity index is 1350. The van der Waals surface area contributed by atoms with Crippen molar-refractivity contribution >= 4 is 5.91 Å². The van der Waals surface area contributed by atoms with Crippen LogP contribution in [0.1, 0.15) is 38.0 Å². The van der Waals surface area contributed by atoms with Crippen molar-refractivity contribution in [3.8, 4) is 16.8 Å². The molecule has 196 valence electrons. The topological polar surface area (TPSA) is 63.9 Å². The molecule has 2 unspecified atom stereocenters. The highest BCUT2D eigenvalue weighted by molar-refractivity contribution is 5.83. The zero-order chi connectivity index (χ0) is 26.7. The van der Waals surface area contributed by atoms with Gasteiger partial charge in [0.2, 0.25) is 0 Å². The fourth-order valence-corrected chi connectivity index (χ4v) is 5.15. The molecule has 1 aliphatic rings. The summed E-state index contributed by atoms with van der Waals surface area (Å²) >= 11 is 0. The highest BCUT2D eigenvalue weighted by Crippen LogP contribution is 2.34. The Morgan fingerprint density at radius 1 is 0.974 bits per heavy atom. The van der Waals surface area contributed by atoms with E-state index < -0.39 is 18.1 Å². The molecule has 0 spiro atoms. The number of rotatable bonds is 8. The van der Waals surface area contributed by atoms with E-state index in [1.165, 1.54) is 6.92 Å². The van der Waals surface area contributed by atoms with Gasteiger partial charge in [-0.05, 0) is 62.1 Å². The lowest BCUT2D eigenvalue weighted by atomic mass is 10.0. The number of amides is 1. The molecule has 6 heteroatoms. The van der Waals surface area contributed by atoms with Crippen LogP contribution in [0.3, 0.4) is 0 Å². The third kappa shape index (κ3) is 5.58. The number of aliphatic hydroxyl groups excluding tert-OH is 1. The summed E-state index contributed by atoms with van der Waals surface area (Å²) < 4.78 is 13.8. The van der Waals surface area contributed by atoms with Gasteiger partial charge in [0, 0.05) is 23.6 Å². The van der Waals surface area contributed by atoms with Gasteiger partial charge in [-0.3, -0.25) is 4.79 Å². The van der Waals surface area contributed by atoms with Crippen LogP contribution in [0.2, 0.25) is 0 Å². The molecule has 5 rings (SSSR count). The molecular formula is C32H34N2O4. The van der Waals surface area contributed by atoms with Gasteiger partial charge in [0.25, 0.3) is 5.91 Å². The van der Waals surface area contributed by atoms with Crippen molar-refractivity contribution in [1.82, 2.24) is 9.47 Å². The second-order valence-electron chi connectivity index (χ2n) is 10.2. The molecule has 1 fully saturated rings. The first-order valence-electron chi connectivity index (χ1n) is 13.0. The van der Waals surface area contributed by atoms with Crippen molar-refractivity contribution < 1.29 is 19.4 Å². The standard InChI is InChI=1S/C32H34N2O4/c1-23(35)38-30(31(36)34-29(22-37-32(34,2)3)20-24-10-6-4-7-11-24)27-18-19-33(21-27)28-16-14-26(15-17-28)25-12-8-5-9-13-25/h4-19,21,23,29-30,35H,20,22H2,1-3H3/t23?,29-,30?/m0/s1. The van der Waals surface area contributed by atoms with E-state index in [9.17, 15) is 9.90 Å². The summed E-state index contributed by atoms with van der Waals surface area (Å²) in [5, 5.41) is 10.1. The van der Waals surface area contributed by atoms with Crippen LogP contribution in [0.5, 0.6) is 0 Å². The number of ether oxygens (including phenoxy) is 2. The largest absolute Gasteiger partial charge is 0.368 e. The molecule has 3 atom stereocenters. The molecule has 0 radical (unpaired) electrons. The number of aliphatic hydroxyl groups is 1. The van der Waals surface area contributed by atoms with Crippen molar-refractivity contribution in [2.75, 3.05) is 6.61 Å². The van der Waals surface area contributed by atoms with Crippen molar-refractivity contribution in [3.05, 3.63) is 115 Å². The number of carbonyl (C=O) groups is 1. The van der Waals surface area contributed by atoms with E-state index in [0.29, 0.717) is 18.6 Å². The highest BCUT2D eigenvalue weighted by atomic mass is 16.6. The van der Waals surface area contributed by atoms with Crippen LogP contribution in [0, 0.1) is 0 Å². The predicted molar refractivity (Wildman–Crippen MR) is 148 cm³/mol. The first-order chi connectivity index (χ1) is 18.3. The van der Waals surface area contributed by atoms with E-state index >= 15 is 0 Å². The first kappa shape index (κ1) is 25.9. The number of nitrogens with zero attached hydrogens (tertiary/aromatic N) is 2. The molecular weight excluding hydrogens is 476 g/mol. The number of hydrogen-bond acceptors (Lipinski definition) is 4. The Morgan fingerprint density at radius 2 is 1.61 bits per heavy atom. The molecule has 1 N–H and O–H groups in total. The van der Waals surface area contributed by atoms with E-state index in [-0.39, 0.29) is 11.9 Å². The van der Waals surface area contributed by atoms with Gasteiger partial charge in [0.1, 0.15) is 5.72 Å². The molecule has 1 aromatic heterocycles. The maximum Gasteiger partial charge on any atom is 0.259 e. The van der Waals surface area contributed by atoms with Gasteiger partial charge in [0.05, 0.1) is 12.6 Å². The van der Waals surface area contributed by atoms with Crippen LogP contribution in [-0.4, -0.2) is 45.1 Å². The zero-order valence-corrected chi connectivity index (χ0v) is 22.0. The summed E-state index contributed by atoms with van der Waals surface area (Å²) in [6, 6.07) is 30.3. The van der Waals surface area contributed by atoms with E-state index in [4.69, 9.17) is 9.47 Å². The average Bonchev–Trinajstić information content (AvgIpc) is 3.52. The smallest absolute Gasteiger partial charge is 0.259 e. The molecule has 2 heterocycles. The van der Waals surface area contributed by atoms with E-state index in [2.05, 4.69) is 36.4 Å². The number of benzene rings is 3. The normalized spacial score (nSPS) is 18.3. The Morgan fingerprint density at radius 3 is 2.26 bits per heavy atom. The minimum absolute atomic E-state index is 0.146. The molecule has 1 aliphatic heterocycles. The van der Waals surface area contributed by atoms with Gasteiger partial charge < -0.3 is 24.0 Å². The summed E-state index contributed by atoms with van der Waals surface area (Å²) in [5.41, 5.74) is 4.26. The van der Waals surface area contributed by atoms with Crippen LogP contribution in [0.4, 0.5) is 0 Å². The summed E-state index contributed by atoms with van der Waals surface area (Å²) in [6.07, 6.45) is 2.38. The maximum atomic E-state index is 14.0. The Labute approximate surface area is 224 Å². The third-order valence-electron chi connectivity index (χ3n) is 6.97. The van der Waals surface area contributed by atoms with Crippen LogP contribution >= 0.6 is 0 Å². The average molecular weight is 511 g/mol. The van der Waals surface area contributed by atoms with E-state index in [1.807, 2.05) is 85.4 Å². The molecule has 1 saturated heterocycles. The number of hydrogen-bond donors (Lipinski definition) is 1. The minimum Gasteiger partial charge on any atom is -0.368 e. The van der Waals surface area contributed by atoms with Crippen molar-refractivity contribution in [1.29, 1.82) is 0 Å². The van der Waals surface area contributed by atoms with Gasteiger partial charge in [-0.15, -0.1) is 0 Å². The maximum absolute atomic E-state index is 14.0.